The number of rotatable bonds is 2. The lowest BCUT2D eigenvalue weighted by Crippen LogP contribution is -2.39. The number of nitrogens with two attached hydrogens (primary N) is 1. The zero-order chi connectivity index (χ0) is 13.9. The summed E-state index contributed by atoms with van der Waals surface area (Å²) in [6, 6.07) is 8.17. The van der Waals surface area contributed by atoms with Crippen molar-refractivity contribution < 1.29 is 4.79 Å². The molecule has 108 valence electrons. The van der Waals surface area contributed by atoms with Gasteiger partial charge < -0.3 is 10.6 Å². The van der Waals surface area contributed by atoms with E-state index in [-0.39, 0.29) is 11.9 Å². The third kappa shape index (κ3) is 2.73. The Morgan fingerprint density at radius 3 is 2.70 bits per heavy atom. The molecule has 0 saturated heterocycles. The average molecular weight is 272 g/mol. The quantitative estimate of drug-likeness (QED) is 0.897. The average Bonchev–Trinajstić information content (AvgIpc) is 2.49. The van der Waals surface area contributed by atoms with Crippen LogP contribution in [0, 0.1) is 5.92 Å². The second kappa shape index (κ2) is 5.96. The fourth-order valence-corrected chi connectivity index (χ4v) is 3.60. The molecular weight excluding hydrogens is 248 g/mol. The monoisotopic (exact) mass is 272 g/mol. The largest absolute Gasteiger partial charge is 0.324 e. The predicted octanol–water partition coefficient (Wildman–Crippen LogP) is 3.39. The van der Waals surface area contributed by atoms with E-state index in [0.717, 1.165) is 24.2 Å². The molecule has 3 rings (SSSR count). The minimum Gasteiger partial charge on any atom is -0.324 e. The highest BCUT2D eigenvalue weighted by Gasteiger charge is 2.28. The van der Waals surface area contributed by atoms with Crippen LogP contribution < -0.4 is 10.6 Å². The van der Waals surface area contributed by atoms with Crippen LogP contribution >= 0.6 is 0 Å². The molecule has 1 aromatic rings. The Kier molecular flexibility index (Phi) is 4.06. The number of anilines is 1. The van der Waals surface area contributed by atoms with E-state index in [0.29, 0.717) is 12.3 Å². The smallest absolute Gasteiger partial charge is 0.227 e. The van der Waals surface area contributed by atoms with Crippen LogP contribution in [0.3, 0.4) is 0 Å². The van der Waals surface area contributed by atoms with E-state index in [1.165, 1.54) is 32.1 Å². The van der Waals surface area contributed by atoms with Crippen LogP contribution in [0.2, 0.25) is 0 Å². The molecule has 3 heteroatoms. The number of hydrogen-bond donors (Lipinski definition) is 1. The number of para-hydroxylation sites is 1. The molecule has 1 fully saturated rings. The van der Waals surface area contributed by atoms with Crippen LogP contribution in [0.4, 0.5) is 5.69 Å². The highest BCUT2D eigenvalue weighted by molar-refractivity contribution is 5.94. The van der Waals surface area contributed by atoms with Gasteiger partial charge in [-0.3, -0.25) is 4.79 Å². The number of hydrogen-bond acceptors (Lipinski definition) is 2. The van der Waals surface area contributed by atoms with Crippen molar-refractivity contribution >= 4 is 11.6 Å². The number of carbonyl (C=O) groups excluding carboxylic acids is 1. The topological polar surface area (TPSA) is 46.3 Å². The molecule has 0 aromatic heterocycles. The normalized spacial score (nSPS) is 23.4. The first-order chi connectivity index (χ1) is 9.75. The number of fused-ring (bicyclic) bond motifs is 1. The Labute approximate surface area is 121 Å². The Bertz CT molecular complexity index is 480. The summed E-state index contributed by atoms with van der Waals surface area (Å²) in [4.78, 5) is 14.6. The highest BCUT2D eigenvalue weighted by Crippen LogP contribution is 2.34. The summed E-state index contributed by atoms with van der Waals surface area (Å²) in [5.74, 6) is 0.885. The van der Waals surface area contributed by atoms with E-state index in [2.05, 4.69) is 6.07 Å². The molecule has 0 radical (unpaired) electrons. The Hall–Kier alpha value is -1.35. The third-order valence-corrected chi connectivity index (χ3v) is 4.78. The molecule has 1 aliphatic heterocycles. The Morgan fingerprint density at radius 2 is 1.90 bits per heavy atom. The summed E-state index contributed by atoms with van der Waals surface area (Å²) in [5, 5.41) is 0. The summed E-state index contributed by atoms with van der Waals surface area (Å²) in [6.45, 7) is 0.768. The van der Waals surface area contributed by atoms with Gasteiger partial charge in [0.1, 0.15) is 0 Å². The van der Waals surface area contributed by atoms with Crippen molar-refractivity contribution in [2.24, 2.45) is 11.7 Å². The van der Waals surface area contributed by atoms with Crippen molar-refractivity contribution in [2.45, 2.75) is 51.0 Å². The SMILES string of the molecule is NC1CCN(C(=O)CC2CCCCC2)c2ccccc21. The van der Waals surface area contributed by atoms with Crippen LogP contribution in [0.5, 0.6) is 0 Å². The molecule has 20 heavy (non-hydrogen) atoms. The van der Waals surface area contributed by atoms with Gasteiger partial charge in [-0.15, -0.1) is 0 Å². The molecule has 1 aliphatic carbocycles. The predicted molar refractivity (Wildman–Crippen MR) is 81.5 cm³/mol. The second-order valence-electron chi connectivity index (χ2n) is 6.21. The molecule has 1 atom stereocenters. The third-order valence-electron chi connectivity index (χ3n) is 4.78. The van der Waals surface area contributed by atoms with Crippen LogP contribution in [0.1, 0.15) is 56.6 Å². The lowest BCUT2D eigenvalue weighted by molar-refractivity contribution is -0.119. The maximum absolute atomic E-state index is 12.6. The lowest BCUT2D eigenvalue weighted by atomic mass is 9.86. The molecule has 0 bridgehead atoms. The lowest BCUT2D eigenvalue weighted by Gasteiger charge is -2.34. The molecule has 1 saturated carbocycles. The molecular formula is C17H24N2O. The van der Waals surface area contributed by atoms with Gasteiger partial charge >= 0.3 is 0 Å². The van der Waals surface area contributed by atoms with Crippen molar-refractivity contribution in [1.29, 1.82) is 0 Å². The van der Waals surface area contributed by atoms with Crippen LogP contribution in [0.25, 0.3) is 0 Å². The number of nitrogens with zero attached hydrogens (tertiary/aromatic N) is 1. The summed E-state index contributed by atoms with van der Waals surface area (Å²) in [5.41, 5.74) is 8.31. The van der Waals surface area contributed by atoms with Gasteiger partial charge in [0, 0.05) is 24.7 Å². The molecule has 2 aliphatic rings. The van der Waals surface area contributed by atoms with Gasteiger partial charge in [0.2, 0.25) is 5.91 Å². The summed E-state index contributed by atoms with van der Waals surface area (Å²) >= 11 is 0. The van der Waals surface area contributed by atoms with E-state index in [1.807, 2.05) is 23.1 Å². The van der Waals surface area contributed by atoms with Crippen molar-refractivity contribution in [3.05, 3.63) is 29.8 Å². The maximum atomic E-state index is 12.6. The van der Waals surface area contributed by atoms with E-state index in [4.69, 9.17) is 5.73 Å². The number of carbonyl (C=O) groups is 1. The first-order valence-electron chi connectivity index (χ1n) is 7.90. The summed E-state index contributed by atoms with van der Waals surface area (Å²) < 4.78 is 0. The van der Waals surface area contributed by atoms with Gasteiger partial charge in [0.15, 0.2) is 0 Å². The minimum absolute atomic E-state index is 0.0740. The minimum atomic E-state index is 0.0740. The molecule has 2 N–H and O–H groups in total. The van der Waals surface area contributed by atoms with Gasteiger partial charge in [-0.2, -0.15) is 0 Å². The van der Waals surface area contributed by atoms with E-state index in [1.54, 1.807) is 0 Å². The van der Waals surface area contributed by atoms with Gasteiger partial charge in [0.25, 0.3) is 0 Å². The van der Waals surface area contributed by atoms with Crippen molar-refractivity contribution in [1.82, 2.24) is 0 Å². The highest BCUT2D eigenvalue weighted by atomic mass is 16.2. The molecule has 3 nitrogen and oxygen atoms in total. The van der Waals surface area contributed by atoms with Crippen molar-refractivity contribution in [2.75, 3.05) is 11.4 Å². The zero-order valence-corrected chi connectivity index (χ0v) is 12.1. The molecule has 1 amide bonds. The first-order valence-corrected chi connectivity index (χ1v) is 7.90. The first kappa shape index (κ1) is 13.6. The fourth-order valence-electron chi connectivity index (χ4n) is 3.60. The van der Waals surface area contributed by atoms with E-state index in [9.17, 15) is 4.79 Å². The van der Waals surface area contributed by atoms with Crippen LogP contribution in [-0.4, -0.2) is 12.5 Å². The van der Waals surface area contributed by atoms with Crippen molar-refractivity contribution in [3.8, 4) is 0 Å². The number of benzene rings is 1. The van der Waals surface area contributed by atoms with Crippen molar-refractivity contribution in [3.63, 3.8) is 0 Å². The maximum Gasteiger partial charge on any atom is 0.227 e. The van der Waals surface area contributed by atoms with Crippen LogP contribution in [-0.2, 0) is 4.79 Å². The van der Waals surface area contributed by atoms with Gasteiger partial charge in [-0.25, -0.2) is 0 Å². The zero-order valence-electron chi connectivity index (χ0n) is 12.1. The number of amides is 1. The Balaban J connectivity index is 1.73. The standard InChI is InChI=1S/C17H24N2O/c18-15-10-11-19(16-9-5-4-8-14(15)16)17(20)12-13-6-2-1-3-7-13/h4-5,8-9,13,15H,1-3,6-7,10-12,18H2. The molecule has 1 unspecified atom stereocenters. The molecule has 1 aromatic carbocycles. The van der Waals surface area contributed by atoms with Gasteiger partial charge in [-0.05, 0) is 36.8 Å². The van der Waals surface area contributed by atoms with E-state index < -0.39 is 0 Å². The Morgan fingerprint density at radius 1 is 1.15 bits per heavy atom. The van der Waals surface area contributed by atoms with Gasteiger partial charge in [-0.1, -0.05) is 37.5 Å². The fraction of sp³-hybridized carbons (Fsp3) is 0.588. The molecule has 1 heterocycles. The molecule has 0 spiro atoms. The second-order valence-corrected chi connectivity index (χ2v) is 6.21. The summed E-state index contributed by atoms with van der Waals surface area (Å²) in [6.07, 6.45) is 7.95. The van der Waals surface area contributed by atoms with Crippen LogP contribution in [0.15, 0.2) is 24.3 Å². The van der Waals surface area contributed by atoms with Gasteiger partial charge in [0.05, 0.1) is 0 Å². The van der Waals surface area contributed by atoms with E-state index >= 15 is 0 Å². The summed E-state index contributed by atoms with van der Waals surface area (Å²) in [7, 11) is 0.